The lowest BCUT2D eigenvalue weighted by atomic mass is 10.0. The number of halogens is 1. The van der Waals surface area contributed by atoms with E-state index >= 15 is 0 Å². The van der Waals surface area contributed by atoms with Crippen LogP contribution in [-0.4, -0.2) is 16.4 Å². The zero-order valence-corrected chi connectivity index (χ0v) is 12.6. The fourth-order valence-electron chi connectivity index (χ4n) is 2.44. The first-order valence-corrected chi connectivity index (χ1v) is 7.12. The minimum Gasteiger partial charge on any atom is -0.493 e. The van der Waals surface area contributed by atoms with Crippen molar-refractivity contribution in [3.8, 4) is 5.75 Å². The Kier molecular flexibility index (Phi) is 3.22. The van der Waals surface area contributed by atoms with Gasteiger partial charge < -0.3 is 10.1 Å². The first kappa shape index (κ1) is 12.5. The summed E-state index contributed by atoms with van der Waals surface area (Å²) in [5.74, 6) is 0.966. The molecule has 5 heteroatoms. The Bertz CT molecular complexity index is 609. The molecule has 1 atom stereocenters. The van der Waals surface area contributed by atoms with Crippen LogP contribution in [0.3, 0.4) is 0 Å². The Hall–Kier alpha value is -1.49. The van der Waals surface area contributed by atoms with Crippen LogP contribution in [0.25, 0.3) is 0 Å². The average Bonchev–Trinajstić information content (AvgIpc) is 2.69. The lowest BCUT2D eigenvalue weighted by molar-refractivity contribution is 0.274. The van der Waals surface area contributed by atoms with E-state index in [1.165, 1.54) is 5.56 Å². The van der Waals surface area contributed by atoms with Gasteiger partial charge in [-0.3, -0.25) is 4.68 Å². The summed E-state index contributed by atoms with van der Waals surface area (Å²) in [6.45, 7) is 2.76. The van der Waals surface area contributed by atoms with E-state index in [0.29, 0.717) is 0 Å². The molecule has 2 aromatic rings. The quantitative estimate of drug-likeness (QED) is 0.921. The maximum Gasteiger partial charge on any atom is 0.124 e. The Labute approximate surface area is 120 Å². The predicted molar refractivity (Wildman–Crippen MR) is 78.6 cm³/mol. The first-order valence-electron chi connectivity index (χ1n) is 6.32. The fraction of sp³-hybridized carbons (Fsp3) is 0.357. The van der Waals surface area contributed by atoms with Crippen LogP contribution in [0.4, 0.5) is 5.69 Å². The molecular formula is C14H16BrN3O. The van der Waals surface area contributed by atoms with Crippen LogP contribution in [0.15, 0.2) is 28.9 Å². The zero-order chi connectivity index (χ0) is 13.4. The molecule has 4 nitrogen and oxygen atoms in total. The normalized spacial score (nSPS) is 17.7. The molecule has 1 aliphatic heterocycles. The summed E-state index contributed by atoms with van der Waals surface area (Å²) in [6.07, 6.45) is 2.97. The molecule has 1 aromatic carbocycles. The largest absolute Gasteiger partial charge is 0.493 e. The summed E-state index contributed by atoms with van der Waals surface area (Å²) >= 11 is 3.52. The molecule has 0 saturated heterocycles. The van der Waals surface area contributed by atoms with Crippen molar-refractivity contribution in [1.82, 2.24) is 9.78 Å². The van der Waals surface area contributed by atoms with Crippen LogP contribution in [0.1, 0.15) is 23.7 Å². The van der Waals surface area contributed by atoms with Gasteiger partial charge in [0, 0.05) is 29.7 Å². The maximum absolute atomic E-state index is 5.70. The highest BCUT2D eigenvalue weighted by molar-refractivity contribution is 9.10. The predicted octanol–water partition coefficient (Wildman–Crippen LogP) is 3.43. The number of ether oxygens (including phenoxy) is 1. The highest BCUT2D eigenvalue weighted by Gasteiger charge is 2.22. The molecule has 100 valence electrons. The van der Waals surface area contributed by atoms with Crippen molar-refractivity contribution in [2.75, 3.05) is 11.9 Å². The van der Waals surface area contributed by atoms with Gasteiger partial charge in [0.05, 0.1) is 24.0 Å². The number of hydrogen-bond donors (Lipinski definition) is 1. The van der Waals surface area contributed by atoms with E-state index < -0.39 is 0 Å². The van der Waals surface area contributed by atoms with Crippen LogP contribution in [0.5, 0.6) is 5.75 Å². The molecule has 1 aliphatic rings. The van der Waals surface area contributed by atoms with E-state index in [2.05, 4.69) is 32.4 Å². The molecule has 0 radical (unpaired) electrons. The Balaban J connectivity index is 1.91. The zero-order valence-electron chi connectivity index (χ0n) is 11.0. The van der Waals surface area contributed by atoms with Crippen molar-refractivity contribution < 1.29 is 4.74 Å². The molecular weight excluding hydrogens is 306 g/mol. The second kappa shape index (κ2) is 4.89. The molecule has 0 aliphatic carbocycles. The molecule has 0 saturated carbocycles. The molecule has 0 fully saturated rings. The van der Waals surface area contributed by atoms with Crippen LogP contribution in [-0.2, 0) is 7.05 Å². The van der Waals surface area contributed by atoms with Crippen molar-refractivity contribution in [3.63, 3.8) is 0 Å². The smallest absolute Gasteiger partial charge is 0.124 e. The third-order valence-corrected chi connectivity index (χ3v) is 3.85. The highest BCUT2D eigenvalue weighted by atomic mass is 79.9. The lowest BCUT2D eigenvalue weighted by Gasteiger charge is -2.27. The second-order valence-electron chi connectivity index (χ2n) is 4.82. The second-order valence-corrected chi connectivity index (χ2v) is 5.73. The Morgan fingerprint density at radius 3 is 3.05 bits per heavy atom. The van der Waals surface area contributed by atoms with E-state index in [1.54, 1.807) is 0 Å². The van der Waals surface area contributed by atoms with Gasteiger partial charge in [0.1, 0.15) is 5.75 Å². The Morgan fingerprint density at radius 2 is 2.32 bits per heavy atom. The number of rotatable bonds is 2. The third-order valence-electron chi connectivity index (χ3n) is 3.35. The van der Waals surface area contributed by atoms with Gasteiger partial charge in [0.25, 0.3) is 0 Å². The number of fused-ring (bicyclic) bond motifs is 1. The van der Waals surface area contributed by atoms with Gasteiger partial charge in [0.2, 0.25) is 0 Å². The van der Waals surface area contributed by atoms with E-state index in [4.69, 9.17) is 4.74 Å². The number of anilines is 1. The number of aromatic nitrogens is 2. The monoisotopic (exact) mass is 321 g/mol. The molecule has 0 bridgehead atoms. The molecule has 1 N–H and O–H groups in total. The summed E-state index contributed by atoms with van der Waals surface area (Å²) < 4.78 is 8.61. The van der Waals surface area contributed by atoms with Crippen molar-refractivity contribution >= 4 is 21.6 Å². The molecule has 19 heavy (non-hydrogen) atoms. The number of nitrogens with one attached hydrogen (secondary N) is 1. The molecule has 3 rings (SSSR count). The van der Waals surface area contributed by atoms with E-state index in [9.17, 15) is 0 Å². The number of hydrogen-bond acceptors (Lipinski definition) is 3. The van der Waals surface area contributed by atoms with E-state index in [-0.39, 0.29) is 6.04 Å². The van der Waals surface area contributed by atoms with Gasteiger partial charge in [-0.2, -0.15) is 5.10 Å². The fourth-order valence-corrected chi connectivity index (χ4v) is 2.82. The average molecular weight is 322 g/mol. The van der Waals surface area contributed by atoms with Crippen molar-refractivity contribution in [2.24, 2.45) is 7.05 Å². The van der Waals surface area contributed by atoms with Crippen LogP contribution in [0.2, 0.25) is 0 Å². The van der Waals surface area contributed by atoms with Crippen LogP contribution >= 0.6 is 15.9 Å². The van der Waals surface area contributed by atoms with Crippen LogP contribution < -0.4 is 10.1 Å². The van der Waals surface area contributed by atoms with Crippen molar-refractivity contribution in [3.05, 3.63) is 40.1 Å². The maximum atomic E-state index is 5.70. The van der Waals surface area contributed by atoms with Gasteiger partial charge >= 0.3 is 0 Å². The standard InChI is InChI=1S/C14H16BrN3O/c1-9-13(8-18(2)17-9)16-12-5-6-19-14-4-3-10(15)7-11(12)14/h3-4,7-8,12,16H,5-6H2,1-2H3. The van der Waals surface area contributed by atoms with Gasteiger partial charge in [-0.25, -0.2) is 0 Å². The van der Waals surface area contributed by atoms with E-state index in [1.807, 2.05) is 37.0 Å². The number of benzene rings is 1. The van der Waals surface area contributed by atoms with Gasteiger partial charge in [-0.15, -0.1) is 0 Å². The summed E-state index contributed by atoms with van der Waals surface area (Å²) in [5, 5.41) is 7.93. The summed E-state index contributed by atoms with van der Waals surface area (Å²) in [4.78, 5) is 0. The highest BCUT2D eigenvalue weighted by Crippen LogP contribution is 2.36. The SMILES string of the molecule is Cc1nn(C)cc1NC1CCOc2ccc(Br)cc21. The van der Waals surface area contributed by atoms with E-state index in [0.717, 1.165) is 34.6 Å². The lowest BCUT2D eigenvalue weighted by Crippen LogP contribution is -2.20. The first-order chi connectivity index (χ1) is 9.13. The number of aryl methyl sites for hydroxylation is 2. The molecule has 1 aromatic heterocycles. The molecule has 2 heterocycles. The topological polar surface area (TPSA) is 39.1 Å². The van der Waals surface area contributed by atoms with Crippen LogP contribution in [0, 0.1) is 6.92 Å². The third kappa shape index (κ3) is 2.47. The van der Waals surface area contributed by atoms with Gasteiger partial charge in [-0.05, 0) is 25.1 Å². The molecule has 1 unspecified atom stereocenters. The van der Waals surface area contributed by atoms with Crippen molar-refractivity contribution in [1.29, 1.82) is 0 Å². The van der Waals surface area contributed by atoms with Gasteiger partial charge in [0.15, 0.2) is 0 Å². The molecule has 0 spiro atoms. The molecule has 0 amide bonds. The summed E-state index contributed by atoms with van der Waals surface area (Å²) in [5.41, 5.74) is 3.30. The minimum absolute atomic E-state index is 0.268. The van der Waals surface area contributed by atoms with Gasteiger partial charge in [-0.1, -0.05) is 15.9 Å². The summed E-state index contributed by atoms with van der Waals surface area (Å²) in [7, 11) is 1.94. The summed E-state index contributed by atoms with van der Waals surface area (Å²) in [6, 6.07) is 6.42. The minimum atomic E-state index is 0.268. The Morgan fingerprint density at radius 1 is 1.47 bits per heavy atom. The van der Waals surface area contributed by atoms with Crippen molar-refractivity contribution in [2.45, 2.75) is 19.4 Å². The number of nitrogens with zero attached hydrogens (tertiary/aromatic N) is 2.